The highest BCUT2D eigenvalue weighted by atomic mass is 19.1. The second-order valence-electron chi connectivity index (χ2n) is 6.05. The predicted octanol–water partition coefficient (Wildman–Crippen LogP) is 1.87. The van der Waals surface area contributed by atoms with Crippen molar-refractivity contribution in [2.75, 3.05) is 36.5 Å². The van der Waals surface area contributed by atoms with Crippen molar-refractivity contribution >= 4 is 17.3 Å². The fourth-order valence-electron chi connectivity index (χ4n) is 2.78. The Labute approximate surface area is 155 Å². The molecule has 3 heterocycles. The molecule has 2 N–H and O–H groups in total. The maximum absolute atomic E-state index is 13.1. The molecule has 3 aromatic rings. The Hall–Kier alpha value is -3.04. The normalized spacial score (nSPS) is 14.4. The SMILES string of the molecule is OCc1ccn(-c2nc(Nc3ccc(F)cc3)cc(N3CCOCC3)n2)n1. The van der Waals surface area contributed by atoms with Crippen LogP contribution in [-0.2, 0) is 11.3 Å². The van der Waals surface area contributed by atoms with Gasteiger partial charge in [-0.2, -0.15) is 15.1 Å². The van der Waals surface area contributed by atoms with Crippen LogP contribution < -0.4 is 10.2 Å². The molecule has 1 aromatic carbocycles. The molecule has 140 valence electrons. The average molecular weight is 370 g/mol. The van der Waals surface area contributed by atoms with Crippen LogP contribution in [0.3, 0.4) is 0 Å². The summed E-state index contributed by atoms with van der Waals surface area (Å²) < 4.78 is 20.1. The lowest BCUT2D eigenvalue weighted by Crippen LogP contribution is -2.37. The Kier molecular flexibility index (Phi) is 4.95. The molecule has 1 saturated heterocycles. The van der Waals surface area contributed by atoms with Gasteiger partial charge in [0.1, 0.15) is 17.5 Å². The molecule has 1 aliphatic rings. The Morgan fingerprint density at radius 1 is 1.11 bits per heavy atom. The molecule has 0 bridgehead atoms. The summed E-state index contributed by atoms with van der Waals surface area (Å²) in [6, 6.07) is 9.60. The van der Waals surface area contributed by atoms with Crippen molar-refractivity contribution < 1.29 is 14.2 Å². The van der Waals surface area contributed by atoms with E-state index in [-0.39, 0.29) is 12.4 Å². The smallest absolute Gasteiger partial charge is 0.254 e. The molecule has 2 aromatic heterocycles. The van der Waals surface area contributed by atoms with Crippen molar-refractivity contribution in [1.82, 2.24) is 19.7 Å². The third kappa shape index (κ3) is 4.04. The van der Waals surface area contributed by atoms with E-state index >= 15 is 0 Å². The first-order valence-electron chi connectivity index (χ1n) is 8.61. The lowest BCUT2D eigenvalue weighted by molar-refractivity contribution is 0.122. The largest absolute Gasteiger partial charge is 0.390 e. The Morgan fingerprint density at radius 2 is 1.89 bits per heavy atom. The van der Waals surface area contributed by atoms with Crippen molar-refractivity contribution in [2.24, 2.45) is 0 Å². The number of aliphatic hydroxyl groups excluding tert-OH is 1. The summed E-state index contributed by atoms with van der Waals surface area (Å²) >= 11 is 0. The van der Waals surface area contributed by atoms with Crippen LogP contribution in [0.2, 0.25) is 0 Å². The third-order valence-corrected chi connectivity index (χ3v) is 4.16. The van der Waals surface area contributed by atoms with Gasteiger partial charge in [0.05, 0.1) is 25.5 Å². The van der Waals surface area contributed by atoms with Crippen LogP contribution in [-0.4, -0.2) is 51.2 Å². The van der Waals surface area contributed by atoms with Gasteiger partial charge in [-0.1, -0.05) is 0 Å². The van der Waals surface area contributed by atoms with Crippen LogP contribution >= 0.6 is 0 Å². The number of benzene rings is 1. The molecule has 0 radical (unpaired) electrons. The predicted molar refractivity (Wildman–Crippen MR) is 97.8 cm³/mol. The molecule has 0 atom stereocenters. The minimum Gasteiger partial charge on any atom is -0.390 e. The minimum absolute atomic E-state index is 0.156. The molecule has 1 fully saturated rings. The molecular weight excluding hydrogens is 351 g/mol. The molecule has 0 aliphatic carbocycles. The molecule has 9 heteroatoms. The molecule has 0 amide bonds. The number of halogens is 1. The van der Waals surface area contributed by atoms with Crippen molar-refractivity contribution in [2.45, 2.75) is 6.61 Å². The summed E-state index contributed by atoms with van der Waals surface area (Å²) in [5.74, 6) is 1.39. The van der Waals surface area contributed by atoms with E-state index in [1.54, 1.807) is 24.4 Å². The van der Waals surface area contributed by atoms with E-state index in [1.807, 2.05) is 6.07 Å². The summed E-state index contributed by atoms with van der Waals surface area (Å²) in [5.41, 5.74) is 1.24. The molecule has 0 unspecified atom stereocenters. The number of rotatable bonds is 5. The van der Waals surface area contributed by atoms with Crippen LogP contribution in [0.15, 0.2) is 42.6 Å². The monoisotopic (exact) mass is 370 g/mol. The highest BCUT2D eigenvalue weighted by Gasteiger charge is 2.16. The maximum atomic E-state index is 13.1. The molecule has 4 rings (SSSR count). The zero-order valence-corrected chi connectivity index (χ0v) is 14.5. The van der Waals surface area contributed by atoms with Gasteiger partial charge >= 0.3 is 0 Å². The average Bonchev–Trinajstić information content (AvgIpc) is 3.20. The number of aliphatic hydroxyl groups is 1. The van der Waals surface area contributed by atoms with E-state index < -0.39 is 0 Å². The number of hydrogen-bond acceptors (Lipinski definition) is 7. The quantitative estimate of drug-likeness (QED) is 0.709. The van der Waals surface area contributed by atoms with Gasteiger partial charge in [-0.05, 0) is 30.3 Å². The van der Waals surface area contributed by atoms with E-state index in [0.29, 0.717) is 36.4 Å². The van der Waals surface area contributed by atoms with Crippen LogP contribution in [0.1, 0.15) is 5.69 Å². The fourth-order valence-corrected chi connectivity index (χ4v) is 2.78. The Balaban J connectivity index is 1.69. The minimum atomic E-state index is -0.300. The zero-order valence-electron chi connectivity index (χ0n) is 14.5. The molecule has 1 aliphatic heterocycles. The van der Waals surface area contributed by atoms with Crippen LogP contribution in [0.25, 0.3) is 5.95 Å². The standard InChI is InChI=1S/C18H19FN6O2/c19-13-1-3-14(4-2-13)20-16-11-17(24-7-9-27-10-8-24)22-18(21-16)25-6-5-15(12-26)23-25/h1-6,11,26H,7-10,12H2,(H,20,21,22). The fraction of sp³-hybridized carbons (Fsp3) is 0.278. The van der Waals surface area contributed by atoms with Gasteiger partial charge in [0.2, 0.25) is 0 Å². The van der Waals surface area contributed by atoms with Crippen molar-refractivity contribution in [3.8, 4) is 5.95 Å². The van der Waals surface area contributed by atoms with E-state index in [4.69, 9.17) is 4.74 Å². The van der Waals surface area contributed by atoms with Gasteiger partial charge in [0.25, 0.3) is 5.95 Å². The summed E-state index contributed by atoms with van der Waals surface area (Å²) in [4.78, 5) is 11.2. The third-order valence-electron chi connectivity index (χ3n) is 4.16. The lowest BCUT2D eigenvalue weighted by Gasteiger charge is -2.28. The second-order valence-corrected chi connectivity index (χ2v) is 6.05. The van der Waals surface area contributed by atoms with Gasteiger partial charge in [-0.3, -0.25) is 0 Å². The number of ether oxygens (including phenoxy) is 1. The molecular formula is C18H19FN6O2. The topological polar surface area (TPSA) is 88.3 Å². The molecule has 8 nitrogen and oxygen atoms in total. The summed E-state index contributed by atoms with van der Waals surface area (Å²) in [7, 11) is 0. The molecule has 0 spiro atoms. The van der Waals surface area contributed by atoms with Gasteiger partial charge < -0.3 is 20.1 Å². The summed E-state index contributed by atoms with van der Waals surface area (Å²) in [5, 5.41) is 16.7. The first-order chi connectivity index (χ1) is 13.2. The first-order valence-corrected chi connectivity index (χ1v) is 8.61. The number of nitrogens with one attached hydrogen (secondary N) is 1. The van der Waals surface area contributed by atoms with Gasteiger partial charge in [-0.25, -0.2) is 9.07 Å². The lowest BCUT2D eigenvalue weighted by atomic mass is 10.3. The van der Waals surface area contributed by atoms with E-state index in [9.17, 15) is 9.50 Å². The van der Waals surface area contributed by atoms with E-state index in [2.05, 4.69) is 25.3 Å². The van der Waals surface area contributed by atoms with Gasteiger partial charge in [0, 0.05) is 31.0 Å². The van der Waals surface area contributed by atoms with E-state index in [0.717, 1.165) is 18.9 Å². The summed E-state index contributed by atoms with van der Waals surface area (Å²) in [6.45, 7) is 2.57. The van der Waals surface area contributed by atoms with Crippen molar-refractivity contribution in [3.05, 3.63) is 54.1 Å². The molecule has 0 saturated carbocycles. The van der Waals surface area contributed by atoms with Crippen LogP contribution in [0, 0.1) is 5.82 Å². The Morgan fingerprint density at radius 3 is 2.59 bits per heavy atom. The zero-order chi connectivity index (χ0) is 18.6. The number of aromatic nitrogens is 4. The van der Waals surface area contributed by atoms with Crippen molar-refractivity contribution in [1.29, 1.82) is 0 Å². The number of hydrogen-bond donors (Lipinski definition) is 2. The van der Waals surface area contributed by atoms with Crippen LogP contribution in [0.5, 0.6) is 0 Å². The Bertz CT molecular complexity index is 908. The summed E-state index contributed by atoms with van der Waals surface area (Å²) in [6.07, 6.45) is 1.70. The van der Waals surface area contributed by atoms with Gasteiger partial charge in [0.15, 0.2) is 0 Å². The molecule has 27 heavy (non-hydrogen) atoms. The van der Waals surface area contributed by atoms with Crippen LogP contribution in [0.4, 0.5) is 21.7 Å². The second kappa shape index (κ2) is 7.68. The van der Waals surface area contributed by atoms with Crippen molar-refractivity contribution in [3.63, 3.8) is 0 Å². The van der Waals surface area contributed by atoms with Gasteiger partial charge in [-0.15, -0.1) is 0 Å². The maximum Gasteiger partial charge on any atom is 0.254 e. The number of morpholine rings is 1. The highest BCUT2D eigenvalue weighted by Crippen LogP contribution is 2.22. The first kappa shape index (κ1) is 17.4. The highest BCUT2D eigenvalue weighted by molar-refractivity contribution is 5.60. The number of anilines is 3. The number of nitrogens with zero attached hydrogens (tertiary/aromatic N) is 5. The van der Waals surface area contributed by atoms with E-state index in [1.165, 1.54) is 16.8 Å².